The number of methoxy groups -OCH3 is 1. The minimum atomic E-state index is -0.749. The van der Waals surface area contributed by atoms with E-state index in [0.29, 0.717) is 35.8 Å². The van der Waals surface area contributed by atoms with Crippen molar-refractivity contribution in [1.82, 2.24) is 0 Å². The standard InChI is InChI=1S/C22H26N2O5/c1-6-9-14-10-15(11-17(27-7-2)20(14)26-5)19-16(12-23)21(24)29-13(4)18(19)22(25)28-8-3/h6,10-11,19H,1,7-9,24H2,2-5H3. The van der Waals surface area contributed by atoms with Crippen molar-refractivity contribution in [3.05, 3.63) is 58.7 Å². The van der Waals surface area contributed by atoms with Gasteiger partial charge < -0.3 is 24.7 Å². The SMILES string of the molecule is C=CCc1cc(C2C(C#N)=C(N)OC(C)=C2C(=O)OCC)cc(OCC)c1OC. The van der Waals surface area contributed by atoms with Crippen molar-refractivity contribution in [2.24, 2.45) is 5.73 Å². The van der Waals surface area contributed by atoms with Gasteiger partial charge >= 0.3 is 5.97 Å². The van der Waals surface area contributed by atoms with Crippen molar-refractivity contribution in [2.45, 2.75) is 33.1 Å². The molecule has 0 saturated carbocycles. The second kappa shape index (κ2) is 9.69. The lowest BCUT2D eigenvalue weighted by Crippen LogP contribution is -2.25. The van der Waals surface area contributed by atoms with Gasteiger partial charge in [-0.05, 0) is 38.8 Å². The highest BCUT2D eigenvalue weighted by Crippen LogP contribution is 2.43. The fourth-order valence-electron chi connectivity index (χ4n) is 3.34. The molecule has 154 valence electrons. The van der Waals surface area contributed by atoms with Crippen molar-refractivity contribution in [3.63, 3.8) is 0 Å². The molecule has 7 heteroatoms. The van der Waals surface area contributed by atoms with E-state index in [9.17, 15) is 10.1 Å². The van der Waals surface area contributed by atoms with Gasteiger partial charge in [0.15, 0.2) is 11.5 Å². The number of carbonyl (C=O) groups excluding carboxylic acids is 1. The Hall–Kier alpha value is -3.40. The second-order valence-corrected chi connectivity index (χ2v) is 6.25. The first-order chi connectivity index (χ1) is 13.9. The molecule has 2 N–H and O–H groups in total. The average Bonchev–Trinajstić information content (AvgIpc) is 2.68. The molecule has 2 rings (SSSR count). The Kier molecular flexibility index (Phi) is 7.32. The first kappa shape index (κ1) is 21.9. The molecular weight excluding hydrogens is 372 g/mol. The highest BCUT2D eigenvalue weighted by molar-refractivity contribution is 5.92. The van der Waals surface area contributed by atoms with E-state index in [4.69, 9.17) is 24.7 Å². The summed E-state index contributed by atoms with van der Waals surface area (Å²) in [6, 6.07) is 5.69. The fraction of sp³-hybridized carbons (Fsp3) is 0.364. The van der Waals surface area contributed by atoms with Gasteiger partial charge in [-0.15, -0.1) is 6.58 Å². The van der Waals surface area contributed by atoms with Crippen molar-refractivity contribution < 1.29 is 23.7 Å². The Morgan fingerprint density at radius 3 is 2.66 bits per heavy atom. The van der Waals surface area contributed by atoms with Gasteiger partial charge in [-0.3, -0.25) is 0 Å². The van der Waals surface area contributed by atoms with Crippen LogP contribution in [0, 0.1) is 11.3 Å². The van der Waals surface area contributed by atoms with E-state index in [1.165, 1.54) is 0 Å². The number of carbonyl (C=O) groups is 1. The maximum atomic E-state index is 12.7. The lowest BCUT2D eigenvalue weighted by molar-refractivity contribution is -0.139. The highest BCUT2D eigenvalue weighted by Gasteiger charge is 2.37. The van der Waals surface area contributed by atoms with E-state index in [1.807, 2.05) is 13.0 Å². The number of hydrogen-bond acceptors (Lipinski definition) is 7. The first-order valence-electron chi connectivity index (χ1n) is 9.33. The topological polar surface area (TPSA) is 104 Å². The quantitative estimate of drug-likeness (QED) is 0.528. The van der Waals surface area contributed by atoms with Crippen molar-refractivity contribution in [3.8, 4) is 17.6 Å². The largest absolute Gasteiger partial charge is 0.493 e. The summed E-state index contributed by atoms with van der Waals surface area (Å²) in [5.41, 5.74) is 7.80. The molecular formula is C22H26N2O5. The second-order valence-electron chi connectivity index (χ2n) is 6.25. The predicted octanol–water partition coefficient (Wildman–Crippen LogP) is 3.47. The Morgan fingerprint density at radius 2 is 2.10 bits per heavy atom. The number of rotatable bonds is 8. The van der Waals surface area contributed by atoms with Gasteiger partial charge in [0.05, 0.1) is 31.8 Å². The summed E-state index contributed by atoms with van der Waals surface area (Å²) < 4.78 is 22.0. The van der Waals surface area contributed by atoms with Crippen LogP contribution >= 0.6 is 0 Å². The van der Waals surface area contributed by atoms with Crippen molar-refractivity contribution in [2.75, 3.05) is 20.3 Å². The number of ether oxygens (including phenoxy) is 4. The Bertz CT molecular complexity index is 909. The zero-order valence-electron chi connectivity index (χ0n) is 17.2. The van der Waals surface area contributed by atoms with Crippen molar-refractivity contribution >= 4 is 5.97 Å². The van der Waals surface area contributed by atoms with Gasteiger partial charge in [0.1, 0.15) is 17.4 Å². The Balaban J connectivity index is 2.77. The maximum Gasteiger partial charge on any atom is 0.338 e. The number of nitriles is 1. The van der Waals surface area contributed by atoms with Crippen molar-refractivity contribution in [1.29, 1.82) is 5.26 Å². The summed E-state index contributed by atoms with van der Waals surface area (Å²) in [5.74, 6) is 0.0332. The van der Waals surface area contributed by atoms with Gasteiger partial charge in [-0.1, -0.05) is 12.1 Å². The van der Waals surface area contributed by atoms with Gasteiger partial charge in [0, 0.05) is 5.56 Å². The summed E-state index contributed by atoms with van der Waals surface area (Å²) in [5, 5.41) is 9.74. The molecule has 1 unspecified atom stereocenters. The van der Waals surface area contributed by atoms with E-state index >= 15 is 0 Å². The smallest absolute Gasteiger partial charge is 0.338 e. The number of nitrogens with two attached hydrogens (primary N) is 1. The minimum absolute atomic E-state index is 0.0397. The Morgan fingerprint density at radius 1 is 1.38 bits per heavy atom. The van der Waals surface area contributed by atoms with E-state index in [-0.39, 0.29) is 23.6 Å². The zero-order valence-corrected chi connectivity index (χ0v) is 17.2. The summed E-state index contributed by atoms with van der Waals surface area (Å²) in [7, 11) is 1.56. The lowest BCUT2D eigenvalue weighted by Gasteiger charge is -2.28. The van der Waals surface area contributed by atoms with Crippen LogP contribution in [0.4, 0.5) is 0 Å². The van der Waals surface area contributed by atoms with Crippen LogP contribution in [0.15, 0.2) is 47.6 Å². The number of benzene rings is 1. The molecule has 0 aromatic heterocycles. The minimum Gasteiger partial charge on any atom is -0.493 e. The molecule has 29 heavy (non-hydrogen) atoms. The molecule has 1 aromatic carbocycles. The third-order valence-electron chi connectivity index (χ3n) is 4.46. The number of hydrogen-bond donors (Lipinski definition) is 1. The molecule has 7 nitrogen and oxygen atoms in total. The van der Waals surface area contributed by atoms with Crippen LogP contribution < -0.4 is 15.2 Å². The van der Waals surface area contributed by atoms with Crippen LogP contribution in [0.1, 0.15) is 37.8 Å². The molecule has 0 radical (unpaired) electrons. The molecule has 0 spiro atoms. The summed E-state index contributed by atoms with van der Waals surface area (Å²) in [4.78, 5) is 12.7. The van der Waals surface area contributed by atoms with Gasteiger partial charge in [0.25, 0.3) is 0 Å². The third-order valence-corrected chi connectivity index (χ3v) is 4.46. The summed E-state index contributed by atoms with van der Waals surface area (Å²) in [6.45, 7) is 9.60. The van der Waals surface area contributed by atoms with Crippen LogP contribution in [0.2, 0.25) is 0 Å². The molecule has 1 aliphatic rings. The molecule has 1 atom stereocenters. The predicted molar refractivity (Wildman–Crippen MR) is 108 cm³/mol. The molecule has 0 aliphatic carbocycles. The summed E-state index contributed by atoms with van der Waals surface area (Å²) >= 11 is 0. The number of esters is 1. The van der Waals surface area contributed by atoms with E-state index < -0.39 is 11.9 Å². The van der Waals surface area contributed by atoms with E-state index in [1.54, 1.807) is 33.1 Å². The zero-order chi connectivity index (χ0) is 21.6. The number of nitrogens with zero attached hydrogens (tertiary/aromatic N) is 1. The van der Waals surface area contributed by atoms with Crippen LogP contribution in [-0.4, -0.2) is 26.3 Å². The summed E-state index contributed by atoms with van der Waals surface area (Å²) in [6.07, 6.45) is 2.25. The number of allylic oxidation sites excluding steroid dienone is 3. The normalized spacial score (nSPS) is 16.0. The van der Waals surface area contributed by atoms with Gasteiger partial charge in [-0.25, -0.2) is 4.79 Å². The van der Waals surface area contributed by atoms with Gasteiger partial charge in [-0.2, -0.15) is 5.26 Å². The van der Waals surface area contributed by atoms with E-state index in [0.717, 1.165) is 5.56 Å². The molecule has 1 aliphatic heterocycles. The lowest BCUT2D eigenvalue weighted by atomic mass is 9.82. The molecule has 0 amide bonds. The highest BCUT2D eigenvalue weighted by atomic mass is 16.5. The average molecular weight is 398 g/mol. The molecule has 0 fully saturated rings. The van der Waals surface area contributed by atoms with Crippen LogP contribution in [0.5, 0.6) is 11.5 Å². The molecule has 0 saturated heterocycles. The van der Waals surface area contributed by atoms with Crippen LogP contribution in [0.3, 0.4) is 0 Å². The third kappa shape index (κ3) is 4.37. The fourth-order valence-corrected chi connectivity index (χ4v) is 3.34. The first-order valence-corrected chi connectivity index (χ1v) is 9.33. The van der Waals surface area contributed by atoms with E-state index in [2.05, 4.69) is 12.6 Å². The molecule has 1 aromatic rings. The molecule has 0 bridgehead atoms. The monoisotopic (exact) mass is 398 g/mol. The molecule has 1 heterocycles. The van der Waals surface area contributed by atoms with Gasteiger partial charge in [0.2, 0.25) is 5.88 Å². The van der Waals surface area contributed by atoms with Crippen LogP contribution in [-0.2, 0) is 20.7 Å². The Labute approximate surface area is 171 Å². The maximum absolute atomic E-state index is 12.7. The van der Waals surface area contributed by atoms with Crippen LogP contribution in [0.25, 0.3) is 0 Å².